The normalized spacial score (nSPS) is 11.7. The molecule has 0 unspecified atom stereocenters. The van der Waals surface area contributed by atoms with E-state index in [2.05, 4.69) is 0 Å². The highest BCUT2D eigenvalue weighted by molar-refractivity contribution is 7.71. The zero-order valence-electron chi connectivity index (χ0n) is 10.5. The third-order valence-electron chi connectivity index (χ3n) is 2.13. The van der Waals surface area contributed by atoms with Crippen LogP contribution in [0.4, 0.5) is 0 Å². The van der Waals surface area contributed by atoms with Gasteiger partial charge in [0, 0.05) is 6.42 Å². The zero-order chi connectivity index (χ0) is 12.4. The Morgan fingerprint density at radius 2 is 1.44 bits per heavy atom. The van der Waals surface area contributed by atoms with E-state index in [1.807, 2.05) is 13.8 Å². The lowest BCUT2D eigenvalue weighted by Gasteiger charge is -2.16. The molecule has 0 aliphatic heterocycles. The first-order valence-electron chi connectivity index (χ1n) is 6.03. The highest BCUT2D eigenvalue weighted by Gasteiger charge is 2.32. The molecular formula is C11H23O4P. The summed E-state index contributed by atoms with van der Waals surface area (Å²) in [5.41, 5.74) is -0.417. The lowest BCUT2D eigenvalue weighted by Crippen LogP contribution is -2.07. The Kier molecular flexibility index (Phi) is 8.81. The van der Waals surface area contributed by atoms with Crippen molar-refractivity contribution in [2.75, 3.05) is 13.2 Å². The predicted octanol–water partition coefficient (Wildman–Crippen LogP) is 3.75. The third-order valence-corrected chi connectivity index (χ3v) is 4.10. The maximum atomic E-state index is 12.1. The maximum absolute atomic E-state index is 12.1. The molecule has 0 bridgehead atoms. The number of carbonyl (C=O) groups is 1. The minimum absolute atomic E-state index is 0.190. The van der Waals surface area contributed by atoms with Crippen LogP contribution in [0.3, 0.4) is 0 Å². The summed E-state index contributed by atoms with van der Waals surface area (Å²) in [5.74, 6) is 0. The van der Waals surface area contributed by atoms with E-state index >= 15 is 0 Å². The van der Waals surface area contributed by atoms with Crippen molar-refractivity contribution in [3.8, 4) is 0 Å². The predicted molar refractivity (Wildman–Crippen MR) is 64.6 cm³/mol. The van der Waals surface area contributed by atoms with Crippen molar-refractivity contribution < 1.29 is 18.4 Å². The molecule has 0 saturated heterocycles. The van der Waals surface area contributed by atoms with Gasteiger partial charge >= 0.3 is 7.60 Å². The quantitative estimate of drug-likeness (QED) is 0.437. The van der Waals surface area contributed by atoms with Gasteiger partial charge in [-0.2, -0.15) is 0 Å². The zero-order valence-corrected chi connectivity index (χ0v) is 11.4. The van der Waals surface area contributed by atoms with Crippen molar-refractivity contribution >= 4 is 13.1 Å². The third kappa shape index (κ3) is 5.78. The van der Waals surface area contributed by atoms with Crippen LogP contribution in [0.5, 0.6) is 0 Å². The molecule has 5 heteroatoms. The van der Waals surface area contributed by atoms with E-state index in [0.29, 0.717) is 13.2 Å². The maximum Gasteiger partial charge on any atom is 0.396 e. The molecule has 0 N–H and O–H groups in total. The van der Waals surface area contributed by atoms with E-state index < -0.39 is 13.1 Å². The van der Waals surface area contributed by atoms with Crippen LogP contribution in [0, 0.1) is 0 Å². The standard InChI is InChI=1S/C11H23O4P/c1-4-7-9-14-16(13,11(12)6-3)15-10-8-5-2/h4-10H2,1-3H3. The van der Waals surface area contributed by atoms with E-state index in [0.717, 1.165) is 25.7 Å². The smallest absolute Gasteiger partial charge is 0.303 e. The molecule has 0 aromatic carbocycles. The fourth-order valence-corrected chi connectivity index (χ4v) is 2.52. The largest absolute Gasteiger partial charge is 0.396 e. The topological polar surface area (TPSA) is 52.6 Å². The second-order valence-electron chi connectivity index (χ2n) is 3.62. The molecule has 0 heterocycles. The van der Waals surface area contributed by atoms with Crippen LogP contribution < -0.4 is 0 Å². The van der Waals surface area contributed by atoms with Gasteiger partial charge in [-0.05, 0) is 12.8 Å². The summed E-state index contributed by atoms with van der Waals surface area (Å²) in [6, 6.07) is 0. The number of hydrogen-bond donors (Lipinski definition) is 0. The van der Waals surface area contributed by atoms with Gasteiger partial charge in [0.25, 0.3) is 0 Å². The van der Waals surface area contributed by atoms with Gasteiger partial charge in [-0.25, -0.2) is 0 Å². The van der Waals surface area contributed by atoms with E-state index in [4.69, 9.17) is 9.05 Å². The Morgan fingerprint density at radius 1 is 1.00 bits per heavy atom. The summed E-state index contributed by atoms with van der Waals surface area (Å²) in [4.78, 5) is 11.5. The van der Waals surface area contributed by atoms with Crippen molar-refractivity contribution in [2.24, 2.45) is 0 Å². The van der Waals surface area contributed by atoms with Crippen molar-refractivity contribution in [1.29, 1.82) is 0 Å². The van der Waals surface area contributed by atoms with Crippen LogP contribution in [0.2, 0.25) is 0 Å². The number of carbonyl (C=O) groups excluding carboxylic acids is 1. The van der Waals surface area contributed by atoms with Crippen molar-refractivity contribution in [3.05, 3.63) is 0 Å². The molecule has 0 aromatic heterocycles. The summed E-state index contributed by atoms with van der Waals surface area (Å²) in [6.45, 7) is 6.33. The SMILES string of the molecule is CCCCOP(=O)(OCCCC)C(=O)CC. The lowest BCUT2D eigenvalue weighted by molar-refractivity contribution is -0.113. The van der Waals surface area contributed by atoms with Crippen LogP contribution in [-0.4, -0.2) is 18.7 Å². The molecule has 0 radical (unpaired) electrons. The van der Waals surface area contributed by atoms with Crippen molar-refractivity contribution in [2.45, 2.75) is 52.9 Å². The van der Waals surface area contributed by atoms with E-state index in [1.54, 1.807) is 6.92 Å². The Hall–Kier alpha value is -0.180. The minimum Gasteiger partial charge on any atom is -0.303 e. The van der Waals surface area contributed by atoms with Gasteiger partial charge in [-0.3, -0.25) is 9.36 Å². The van der Waals surface area contributed by atoms with Crippen LogP contribution in [-0.2, 0) is 18.4 Å². The van der Waals surface area contributed by atoms with E-state index in [-0.39, 0.29) is 6.42 Å². The molecule has 16 heavy (non-hydrogen) atoms. The number of hydrogen-bond acceptors (Lipinski definition) is 4. The fourth-order valence-electron chi connectivity index (χ4n) is 1.03. The van der Waals surface area contributed by atoms with Gasteiger partial charge in [0.05, 0.1) is 13.2 Å². The molecule has 0 amide bonds. The molecule has 0 aromatic rings. The van der Waals surface area contributed by atoms with Crippen molar-refractivity contribution in [3.63, 3.8) is 0 Å². The molecule has 96 valence electrons. The lowest BCUT2D eigenvalue weighted by atomic mass is 10.4. The first kappa shape index (κ1) is 15.8. The molecule has 0 rings (SSSR count). The average molecular weight is 250 g/mol. The summed E-state index contributed by atoms with van der Waals surface area (Å²) >= 11 is 0. The molecule has 0 fully saturated rings. The number of rotatable bonds is 10. The first-order chi connectivity index (χ1) is 7.60. The second kappa shape index (κ2) is 8.91. The monoisotopic (exact) mass is 250 g/mol. The summed E-state index contributed by atoms with van der Waals surface area (Å²) in [5, 5.41) is 0. The van der Waals surface area contributed by atoms with Gasteiger partial charge in [-0.15, -0.1) is 0 Å². The Morgan fingerprint density at radius 3 is 1.75 bits per heavy atom. The van der Waals surface area contributed by atoms with Crippen LogP contribution in [0.1, 0.15) is 52.9 Å². The Labute approximate surface area is 98.2 Å². The van der Waals surface area contributed by atoms with Gasteiger partial charge in [0.15, 0.2) is 0 Å². The van der Waals surface area contributed by atoms with Crippen LogP contribution in [0.15, 0.2) is 0 Å². The first-order valence-corrected chi connectivity index (χ1v) is 7.57. The van der Waals surface area contributed by atoms with Gasteiger partial charge in [-0.1, -0.05) is 33.6 Å². The molecule has 0 aliphatic carbocycles. The molecule has 0 saturated carbocycles. The van der Waals surface area contributed by atoms with Gasteiger partial charge < -0.3 is 9.05 Å². The highest BCUT2D eigenvalue weighted by atomic mass is 31.2. The van der Waals surface area contributed by atoms with E-state index in [1.165, 1.54) is 0 Å². The Balaban J connectivity index is 4.25. The summed E-state index contributed by atoms with van der Waals surface area (Å²) in [7, 11) is -3.51. The second-order valence-corrected chi connectivity index (χ2v) is 5.63. The average Bonchev–Trinajstić information content (AvgIpc) is 2.28. The van der Waals surface area contributed by atoms with E-state index in [9.17, 15) is 9.36 Å². The molecule has 4 nitrogen and oxygen atoms in total. The highest BCUT2D eigenvalue weighted by Crippen LogP contribution is 2.50. The molecule has 0 aliphatic rings. The minimum atomic E-state index is -3.51. The van der Waals surface area contributed by atoms with Gasteiger partial charge in [0.1, 0.15) is 0 Å². The summed E-state index contributed by atoms with van der Waals surface area (Å²) in [6.07, 6.45) is 3.65. The fraction of sp³-hybridized carbons (Fsp3) is 0.909. The van der Waals surface area contributed by atoms with Crippen LogP contribution in [0.25, 0.3) is 0 Å². The number of unbranched alkanes of at least 4 members (excludes halogenated alkanes) is 2. The van der Waals surface area contributed by atoms with Gasteiger partial charge in [0.2, 0.25) is 5.52 Å². The molecule has 0 atom stereocenters. The summed E-state index contributed by atoms with van der Waals surface area (Å²) < 4.78 is 22.4. The Bertz CT molecular complexity index is 226. The van der Waals surface area contributed by atoms with Crippen LogP contribution >= 0.6 is 7.60 Å². The molecular weight excluding hydrogens is 227 g/mol. The van der Waals surface area contributed by atoms with Crippen molar-refractivity contribution in [1.82, 2.24) is 0 Å². The molecule has 0 spiro atoms.